The SMILES string of the molecule is O=c1c(Nc2cccc3cccnc23)c(Nc2cccc3cccnc23)c1=O. The fourth-order valence-electron chi connectivity index (χ4n) is 3.31. The summed E-state index contributed by atoms with van der Waals surface area (Å²) in [6.45, 7) is 0. The average molecular weight is 366 g/mol. The number of anilines is 4. The summed E-state index contributed by atoms with van der Waals surface area (Å²) in [6, 6.07) is 18.9. The highest BCUT2D eigenvalue weighted by molar-refractivity contribution is 5.97. The Hall–Kier alpha value is -4.06. The van der Waals surface area contributed by atoms with E-state index in [1.165, 1.54) is 0 Å². The van der Waals surface area contributed by atoms with Crippen LogP contribution < -0.4 is 21.5 Å². The number of hydrogen-bond acceptors (Lipinski definition) is 6. The van der Waals surface area contributed by atoms with E-state index in [-0.39, 0.29) is 11.4 Å². The van der Waals surface area contributed by atoms with Crippen molar-refractivity contribution >= 4 is 44.6 Å². The molecule has 0 radical (unpaired) electrons. The predicted octanol–water partition coefficient (Wildman–Crippen LogP) is 3.87. The van der Waals surface area contributed by atoms with Crippen LogP contribution in [0, 0.1) is 0 Å². The van der Waals surface area contributed by atoms with Gasteiger partial charge in [-0.3, -0.25) is 19.6 Å². The van der Waals surface area contributed by atoms with Crippen LogP contribution in [0.4, 0.5) is 22.7 Å². The van der Waals surface area contributed by atoms with Gasteiger partial charge in [-0.1, -0.05) is 36.4 Å². The zero-order valence-electron chi connectivity index (χ0n) is 14.6. The number of hydrogen-bond donors (Lipinski definition) is 2. The molecule has 0 aliphatic rings. The van der Waals surface area contributed by atoms with Gasteiger partial charge in [0.1, 0.15) is 11.4 Å². The summed E-state index contributed by atoms with van der Waals surface area (Å²) in [5.74, 6) is 0. The summed E-state index contributed by atoms with van der Waals surface area (Å²) >= 11 is 0. The number of rotatable bonds is 4. The first-order valence-electron chi connectivity index (χ1n) is 8.77. The standard InChI is InChI=1S/C22H14N4O2/c27-21-19(25-15-9-1-5-13-7-3-11-23-17(13)15)20(22(21)28)26-16-10-2-6-14-8-4-12-24-18(14)16/h1-12,25-26H. The Bertz CT molecular complexity index is 1300. The van der Waals surface area contributed by atoms with Gasteiger partial charge in [0.25, 0.3) is 10.9 Å². The lowest BCUT2D eigenvalue weighted by molar-refractivity contribution is 1.34. The molecule has 0 saturated heterocycles. The summed E-state index contributed by atoms with van der Waals surface area (Å²) in [7, 11) is 0. The van der Waals surface area contributed by atoms with Gasteiger partial charge in [-0.05, 0) is 24.3 Å². The first-order chi connectivity index (χ1) is 13.7. The van der Waals surface area contributed by atoms with Crippen molar-refractivity contribution in [2.75, 3.05) is 10.6 Å². The van der Waals surface area contributed by atoms with Crippen molar-refractivity contribution in [2.45, 2.75) is 0 Å². The highest BCUT2D eigenvalue weighted by Crippen LogP contribution is 2.30. The Kier molecular flexibility index (Phi) is 3.62. The molecule has 0 bridgehead atoms. The van der Waals surface area contributed by atoms with Crippen LogP contribution in [0.3, 0.4) is 0 Å². The fourth-order valence-corrected chi connectivity index (χ4v) is 3.31. The molecule has 28 heavy (non-hydrogen) atoms. The minimum Gasteiger partial charge on any atom is -0.349 e. The molecule has 6 nitrogen and oxygen atoms in total. The highest BCUT2D eigenvalue weighted by Gasteiger charge is 2.22. The van der Waals surface area contributed by atoms with Gasteiger partial charge in [-0.25, -0.2) is 0 Å². The Morgan fingerprint density at radius 2 is 1.00 bits per heavy atom. The number of para-hydroxylation sites is 2. The van der Waals surface area contributed by atoms with Gasteiger partial charge in [-0.15, -0.1) is 0 Å². The maximum atomic E-state index is 12.2. The molecule has 6 heteroatoms. The maximum Gasteiger partial charge on any atom is 0.253 e. The fraction of sp³-hybridized carbons (Fsp3) is 0. The van der Waals surface area contributed by atoms with Crippen molar-refractivity contribution in [1.82, 2.24) is 9.97 Å². The van der Waals surface area contributed by atoms with Crippen LogP contribution in [-0.2, 0) is 0 Å². The van der Waals surface area contributed by atoms with Crippen molar-refractivity contribution in [3.8, 4) is 0 Å². The van der Waals surface area contributed by atoms with Gasteiger partial charge < -0.3 is 10.6 Å². The Labute approximate surface area is 159 Å². The minimum atomic E-state index is -0.552. The Balaban J connectivity index is 1.56. The lowest BCUT2D eigenvalue weighted by Gasteiger charge is -2.16. The third-order valence-corrected chi connectivity index (χ3v) is 4.70. The molecule has 0 aliphatic carbocycles. The molecule has 5 aromatic rings. The molecule has 0 aliphatic heterocycles. The van der Waals surface area contributed by atoms with Gasteiger partial charge in [0, 0.05) is 23.2 Å². The van der Waals surface area contributed by atoms with E-state index in [4.69, 9.17) is 0 Å². The van der Waals surface area contributed by atoms with E-state index in [2.05, 4.69) is 20.6 Å². The Morgan fingerprint density at radius 1 is 0.571 bits per heavy atom. The largest absolute Gasteiger partial charge is 0.349 e. The number of nitrogens with zero attached hydrogens (tertiary/aromatic N) is 2. The highest BCUT2D eigenvalue weighted by atomic mass is 16.2. The lowest BCUT2D eigenvalue weighted by atomic mass is 10.1. The van der Waals surface area contributed by atoms with Crippen LogP contribution in [0.15, 0.2) is 82.6 Å². The maximum absolute atomic E-state index is 12.2. The van der Waals surface area contributed by atoms with Crippen LogP contribution in [0.1, 0.15) is 0 Å². The van der Waals surface area contributed by atoms with Crippen molar-refractivity contribution < 1.29 is 0 Å². The van der Waals surface area contributed by atoms with E-state index in [0.717, 1.165) is 21.8 Å². The van der Waals surface area contributed by atoms with Crippen LogP contribution in [0.25, 0.3) is 21.8 Å². The molecule has 3 aromatic carbocycles. The van der Waals surface area contributed by atoms with E-state index in [1.54, 1.807) is 12.4 Å². The van der Waals surface area contributed by atoms with Crippen molar-refractivity contribution in [3.63, 3.8) is 0 Å². The molecule has 2 N–H and O–H groups in total. The van der Waals surface area contributed by atoms with E-state index in [0.29, 0.717) is 11.4 Å². The van der Waals surface area contributed by atoms with Crippen LogP contribution >= 0.6 is 0 Å². The Morgan fingerprint density at radius 3 is 1.46 bits per heavy atom. The van der Waals surface area contributed by atoms with Gasteiger partial charge in [-0.2, -0.15) is 0 Å². The quantitative estimate of drug-likeness (QED) is 0.470. The molecule has 0 saturated carbocycles. The summed E-state index contributed by atoms with van der Waals surface area (Å²) in [5.41, 5.74) is 2.17. The van der Waals surface area contributed by atoms with Gasteiger partial charge >= 0.3 is 0 Å². The lowest BCUT2D eigenvalue weighted by Crippen LogP contribution is -2.35. The molecule has 2 heterocycles. The van der Waals surface area contributed by atoms with Gasteiger partial charge in [0.15, 0.2) is 0 Å². The molecule has 0 fully saturated rings. The summed E-state index contributed by atoms with van der Waals surface area (Å²) < 4.78 is 0. The van der Waals surface area contributed by atoms with Crippen LogP contribution in [0.2, 0.25) is 0 Å². The van der Waals surface area contributed by atoms with E-state index < -0.39 is 10.9 Å². The molecule has 0 amide bonds. The second-order valence-corrected chi connectivity index (χ2v) is 6.42. The van der Waals surface area contributed by atoms with Gasteiger partial charge in [0.2, 0.25) is 0 Å². The summed E-state index contributed by atoms with van der Waals surface area (Å²) in [4.78, 5) is 33.2. The van der Waals surface area contributed by atoms with E-state index in [1.807, 2.05) is 60.7 Å². The number of pyridine rings is 2. The monoisotopic (exact) mass is 366 g/mol. The molecule has 134 valence electrons. The summed E-state index contributed by atoms with van der Waals surface area (Å²) in [6.07, 6.45) is 3.38. The summed E-state index contributed by atoms with van der Waals surface area (Å²) in [5, 5.41) is 8.05. The number of fused-ring (bicyclic) bond motifs is 2. The van der Waals surface area contributed by atoms with Crippen molar-refractivity contribution in [2.24, 2.45) is 0 Å². The zero-order valence-corrected chi connectivity index (χ0v) is 14.6. The van der Waals surface area contributed by atoms with E-state index >= 15 is 0 Å². The third-order valence-electron chi connectivity index (χ3n) is 4.70. The molecule has 0 atom stereocenters. The van der Waals surface area contributed by atoms with Crippen LogP contribution in [0.5, 0.6) is 0 Å². The molecule has 0 unspecified atom stereocenters. The molecular formula is C22H14N4O2. The number of nitrogens with one attached hydrogen (secondary N) is 2. The third kappa shape index (κ3) is 2.51. The second-order valence-electron chi connectivity index (χ2n) is 6.42. The molecule has 5 rings (SSSR count). The van der Waals surface area contributed by atoms with Gasteiger partial charge in [0.05, 0.1) is 22.4 Å². The minimum absolute atomic E-state index is 0.232. The van der Waals surface area contributed by atoms with Crippen LogP contribution in [-0.4, -0.2) is 9.97 Å². The first kappa shape index (κ1) is 16.1. The number of benzene rings is 2. The topological polar surface area (TPSA) is 84.0 Å². The second kappa shape index (κ2) is 6.28. The number of aromatic nitrogens is 2. The average Bonchev–Trinajstić information content (AvgIpc) is 2.76. The predicted molar refractivity (Wildman–Crippen MR) is 111 cm³/mol. The van der Waals surface area contributed by atoms with Crippen molar-refractivity contribution in [3.05, 3.63) is 93.5 Å². The van der Waals surface area contributed by atoms with Crippen molar-refractivity contribution in [1.29, 1.82) is 0 Å². The smallest absolute Gasteiger partial charge is 0.253 e. The normalized spacial score (nSPS) is 11.1. The molecular weight excluding hydrogens is 352 g/mol. The first-order valence-corrected chi connectivity index (χ1v) is 8.77. The van der Waals surface area contributed by atoms with E-state index in [9.17, 15) is 9.59 Å². The molecule has 0 spiro atoms. The molecule has 2 aromatic heterocycles. The zero-order chi connectivity index (χ0) is 19.1.